The molecule has 0 aromatic rings. The Morgan fingerprint density at radius 1 is 1.38 bits per heavy atom. The summed E-state index contributed by atoms with van der Waals surface area (Å²) in [7, 11) is 0. The van der Waals surface area contributed by atoms with Crippen molar-refractivity contribution in [2.75, 3.05) is 12.4 Å². The van der Waals surface area contributed by atoms with E-state index in [1.807, 2.05) is 6.92 Å². The van der Waals surface area contributed by atoms with Gasteiger partial charge in [-0.05, 0) is 25.4 Å². The van der Waals surface area contributed by atoms with Crippen molar-refractivity contribution in [3.8, 4) is 0 Å². The van der Waals surface area contributed by atoms with Gasteiger partial charge in [-0.3, -0.25) is 0 Å². The topological polar surface area (TPSA) is 9.23 Å². The highest BCUT2D eigenvalue weighted by Crippen LogP contribution is 2.04. The zero-order valence-corrected chi connectivity index (χ0v) is 6.46. The van der Waals surface area contributed by atoms with Crippen LogP contribution in [0.2, 0.25) is 0 Å². The van der Waals surface area contributed by atoms with Gasteiger partial charge in [-0.25, -0.2) is 0 Å². The lowest BCUT2D eigenvalue weighted by molar-refractivity contribution is 0.401. The first-order valence-electron chi connectivity index (χ1n) is 3.16. The number of hydrogen-bond acceptors (Lipinski definition) is 2. The van der Waals surface area contributed by atoms with Crippen molar-refractivity contribution in [3.05, 3.63) is 0 Å². The smallest absolute Gasteiger partial charge is 0.0585 e. The van der Waals surface area contributed by atoms with Gasteiger partial charge < -0.3 is 4.18 Å². The van der Waals surface area contributed by atoms with E-state index < -0.39 is 0 Å². The van der Waals surface area contributed by atoms with Crippen LogP contribution in [0.4, 0.5) is 0 Å². The molecule has 2 heteroatoms. The molecule has 8 heavy (non-hydrogen) atoms. The van der Waals surface area contributed by atoms with Crippen molar-refractivity contribution in [2.24, 2.45) is 0 Å². The number of hydrogen-bond donors (Lipinski definition) is 0. The van der Waals surface area contributed by atoms with E-state index in [0.717, 1.165) is 12.4 Å². The third kappa shape index (κ3) is 6.31. The molecule has 0 saturated carbocycles. The summed E-state index contributed by atoms with van der Waals surface area (Å²) in [6, 6.07) is 0. The van der Waals surface area contributed by atoms with Crippen molar-refractivity contribution in [1.82, 2.24) is 0 Å². The maximum atomic E-state index is 5.05. The Balaban J connectivity index is 2.53. The number of unbranched alkanes of at least 4 members (excludes halogenated alkanes) is 1. The van der Waals surface area contributed by atoms with Crippen LogP contribution in [-0.4, -0.2) is 12.4 Å². The first-order chi connectivity index (χ1) is 3.91. The van der Waals surface area contributed by atoms with Gasteiger partial charge in [-0.2, -0.15) is 0 Å². The normalized spacial score (nSPS) is 9.75. The zero-order valence-electron chi connectivity index (χ0n) is 5.64. The first kappa shape index (κ1) is 8.31. The Morgan fingerprint density at radius 2 is 2.12 bits per heavy atom. The fourth-order valence-electron chi connectivity index (χ4n) is 0.346. The van der Waals surface area contributed by atoms with E-state index in [2.05, 4.69) is 6.92 Å². The van der Waals surface area contributed by atoms with Crippen LogP contribution in [0.3, 0.4) is 0 Å². The number of rotatable bonds is 5. The van der Waals surface area contributed by atoms with Crippen molar-refractivity contribution in [1.29, 1.82) is 0 Å². The molecule has 0 saturated heterocycles. The third-order valence-electron chi connectivity index (χ3n) is 0.782. The maximum Gasteiger partial charge on any atom is 0.0585 e. The Hall–Kier alpha value is 0.310. The van der Waals surface area contributed by atoms with Crippen LogP contribution >= 0.6 is 12.0 Å². The summed E-state index contributed by atoms with van der Waals surface area (Å²) in [4.78, 5) is 0. The van der Waals surface area contributed by atoms with Crippen LogP contribution in [0, 0.1) is 0 Å². The summed E-state index contributed by atoms with van der Waals surface area (Å²) in [5.74, 6) is 1.14. The molecule has 0 fully saturated rings. The molecule has 0 N–H and O–H groups in total. The van der Waals surface area contributed by atoms with Crippen LogP contribution in [0.25, 0.3) is 0 Å². The molecule has 0 aromatic heterocycles. The summed E-state index contributed by atoms with van der Waals surface area (Å²) in [5, 5.41) is 0. The van der Waals surface area contributed by atoms with E-state index in [-0.39, 0.29) is 0 Å². The highest BCUT2D eigenvalue weighted by atomic mass is 32.2. The second-order valence-corrected chi connectivity index (χ2v) is 2.46. The van der Waals surface area contributed by atoms with Crippen LogP contribution in [-0.2, 0) is 4.18 Å². The highest BCUT2D eigenvalue weighted by molar-refractivity contribution is 7.94. The lowest BCUT2D eigenvalue weighted by atomic mass is 10.4. The lowest BCUT2D eigenvalue weighted by Crippen LogP contribution is -1.81. The fourth-order valence-corrected chi connectivity index (χ4v) is 1.04. The second kappa shape index (κ2) is 7.31. The van der Waals surface area contributed by atoms with E-state index in [4.69, 9.17) is 4.18 Å². The van der Waals surface area contributed by atoms with Crippen molar-refractivity contribution >= 4 is 12.0 Å². The van der Waals surface area contributed by atoms with E-state index >= 15 is 0 Å². The Bertz CT molecular complexity index is 33.5. The van der Waals surface area contributed by atoms with Gasteiger partial charge in [-0.1, -0.05) is 13.3 Å². The average Bonchev–Trinajstić information content (AvgIpc) is 1.81. The third-order valence-corrected chi connectivity index (χ3v) is 1.64. The van der Waals surface area contributed by atoms with Gasteiger partial charge in [0.1, 0.15) is 0 Å². The monoisotopic (exact) mass is 134 g/mol. The zero-order chi connectivity index (χ0) is 6.24. The van der Waals surface area contributed by atoms with E-state index in [9.17, 15) is 0 Å². The predicted molar refractivity (Wildman–Crippen MR) is 39.0 cm³/mol. The van der Waals surface area contributed by atoms with Crippen LogP contribution < -0.4 is 0 Å². The van der Waals surface area contributed by atoms with Crippen LogP contribution in [0.15, 0.2) is 0 Å². The molecule has 0 bridgehead atoms. The molecule has 0 aliphatic carbocycles. The molecule has 0 aliphatic rings. The minimum Gasteiger partial charge on any atom is -0.316 e. The van der Waals surface area contributed by atoms with Gasteiger partial charge in [0.15, 0.2) is 0 Å². The van der Waals surface area contributed by atoms with Crippen molar-refractivity contribution in [3.63, 3.8) is 0 Å². The highest BCUT2D eigenvalue weighted by Gasteiger charge is 1.83. The molecule has 0 rings (SSSR count). The van der Waals surface area contributed by atoms with Gasteiger partial charge in [0.05, 0.1) is 6.61 Å². The Labute approximate surface area is 56.0 Å². The predicted octanol–water partition coefficient (Wildman–Crippen LogP) is 2.47. The molecular formula is C6H14OS. The molecular weight excluding hydrogens is 120 g/mol. The lowest BCUT2D eigenvalue weighted by Gasteiger charge is -1.95. The summed E-state index contributed by atoms with van der Waals surface area (Å²) in [5.41, 5.74) is 0. The van der Waals surface area contributed by atoms with Crippen molar-refractivity contribution < 1.29 is 4.18 Å². The summed E-state index contributed by atoms with van der Waals surface area (Å²) in [6.07, 6.45) is 2.53. The van der Waals surface area contributed by atoms with E-state index in [1.165, 1.54) is 12.8 Å². The minimum atomic E-state index is 0.828. The summed E-state index contributed by atoms with van der Waals surface area (Å²) < 4.78 is 5.05. The standard InChI is InChI=1S/C6H14OS/c1-3-5-6-8-7-4-2/h3-6H2,1-2H3. The molecule has 0 amide bonds. The molecule has 1 nitrogen and oxygen atoms in total. The van der Waals surface area contributed by atoms with Gasteiger partial charge in [-0.15, -0.1) is 0 Å². The summed E-state index contributed by atoms with van der Waals surface area (Å²) in [6.45, 7) is 5.03. The van der Waals surface area contributed by atoms with Crippen LogP contribution in [0.1, 0.15) is 26.7 Å². The van der Waals surface area contributed by atoms with Gasteiger partial charge in [0.25, 0.3) is 0 Å². The van der Waals surface area contributed by atoms with Gasteiger partial charge in [0, 0.05) is 5.75 Å². The maximum absolute atomic E-state index is 5.05. The Kier molecular flexibility index (Phi) is 7.59. The average molecular weight is 134 g/mol. The van der Waals surface area contributed by atoms with Crippen LogP contribution in [0.5, 0.6) is 0 Å². The fraction of sp³-hybridized carbons (Fsp3) is 1.00. The molecule has 0 heterocycles. The van der Waals surface area contributed by atoms with Gasteiger partial charge in [0.2, 0.25) is 0 Å². The van der Waals surface area contributed by atoms with E-state index in [0.29, 0.717) is 0 Å². The molecule has 0 atom stereocenters. The van der Waals surface area contributed by atoms with Crippen molar-refractivity contribution in [2.45, 2.75) is 26.7 Å². The SMILES string of the molecule is CCCCSOCC. The molecule has 0 aromatic carbocycles. The molecule has 0 spiro atoms. The Morgan fingerprint density at radius 3 is 2.62 bits per heavy atom. The quantitative estimate of drug-likeness (QED) is 0.422. The molecule has 50 valence electrons. The van der Waals surface area contributed by atoms with Gasteiger partial charge >= 0.3 is 0 Å². The summed E-state index contributed by atoms with van der Waals surface area (Å²) >= 11 is 1.58. The molecule has 0 aliphatic heterocycles. The van der Waals surface area contributed by atoms with E-state index in [1.54, 1.807) is 12.0 Å². The largest absolute Gasteiger partial charge is 0.316 e. The minimum absolute atomic E-state index is 0.828. The molecule has 0 radical (unpaired) electrons. The first-order valence-corrected chi connectivity index (χ1v) is 4.07. The second-order valence-electron chi connectivity index (χ2n) is 1.58. The molecule has 0 unspecified atom stereocenters.